The Morgan fingerprint density at radius 3 is 2.27 bits per heavy atom. The molecule has 7 heteroatoms. The third-order valence-electron chi connectivity index (χ3n) is 4.11. The first kappa shape index (κ1) is 22.8. The topological polar surface area (TPSA) is 90.1 Å². The van der Waals surface area contributed by atoms with Crippen LogP contribution in [0.5, 0.6) is 23.0 Å². The van der Waals surface area contributed by atoms with Crippen molar-refractivity contribution in [3.63, 3.8) is 0 Å². The van der Waals surface area contributed by atoms with Crippen molar-refractivity contribution in [1.82, 2.24) is 9.88 Å². The van der Waals surface area contributed by atoms with Crippen LogP contribution in [0.1, 0.15) is 0 Å². The summed E-state index contributed by atoms with van der Waals surface area (Å²) in [5.41, 5.74) is 7.41. The summed E-state index contributed by atoms with van der Waals surface area (Å²) >= 11 is 0. The molecule has 160 valence electrons. The van der Waals surface area contributed by atoms with Crippen molar-refractivity contribution in [2.45, 2.75) is 0 Å². The molecule has 0 spiro atoms. The first-order chi connectivity index (χ1) is 14.4. The number of benzene rings is 2. The van der Waals surface area contributed by atoms with Crippen molar-refractivity contribution in [3.05, 3.63) is 60.7 Å². The fourth-order valence-corrected chi connectivity index (χ4v) is 2.55. The number of para-hydroxylation sites is 2. The van der Waals surface area contributed by atoms with Crippen molar-refractivity contribution in [1.29, 1.82) is 0 Å². The van der Waals surface area contributed by atoms with Crippen LogP contribution in [-0.2, 0) is 0 Å². The van der Waals surface area contributed by atoms with Crippen molar-refractivity contribution >= 4 is 5.82 Å². The third kappa shape index (κ3) is 6.86. The number of nitrogen functional groups attached to an aromatic ring is 1. The smallest absolute Gasteiger partial charge is 0.160 e. The number of phenolic OH excluding ortho intramolecular Hbond substituents is 1. The zero-order valence-electron chi connectivity index (χ0n) is 17.8. The number of likely N-dealkylation sites (N-methyl/N-ethyl adjacent to an activating group) is 1. The molecule has 1 heterocycles. The molecule has 3 aromatic rings. The summed E-state index contributed by atoms with van der Waals surface area (Å²) in [6.07, 6.45) is 0. The van der Waals surface area contributed by atoms with E-state index in [-0.39, 0.29) is 5.75 Å². The van der Waals surface area contributed by atoms with Crippen LogP contribution in [0.15, 0.2) is 60.7 Å². The lowest BCUT2D eigenvalue weighted by Crippen LogP contribution is -2.19. The lowest BCUT2D eigenvalue weighted by Gasteiger charge is -2.13. The Hall–Kier alpha value is -3.45. The van der Waals surface area contributed by atoms with Crippen molar-refractivity contribution in [2.75, 3.05) is 47.2 Å². The van der Waals surface area contributed by atoms with Crippen molar-refractivity contribution in [2.24, 2.45) is 0 Å². The molecule has 0 fully saturated rings. The molecule has 3 N–H and O–H groups in total. The average molecular weight is 412 g/mol. The fraction of sp³-hybridized carbons (Fsp3) is 0.261. The minimum Gasteiger partial charge on any atom is -0.504 e. The number of anilines is 1. The molecule has 0 bridgehead atoms. The largest absolute Gasteiger partial charge is 0.504 e. The summed E-state index contributed by atoms with van der Waals surface area (Å²) in [6, 6.07) is 18.1. The molecule has 0 atom stereocenters. The molecule has 0 aliphatic rings. The molecule has 30 heavy (non-hydrogen) atoms. The van der Waals surface area contributed by atoms with Gasteiger partial charge in [0.25, 0.3) is 0 Å². The fourth-order valence-electron chi connectivity index (χ4n) is 2.55. The first-order valence-corrected chi connectivity index (χ1v) is 9.45. The minimum absolute atomic E-state index is 0.181. The minimum atomic E-state index is 0.181. The van der Waals surface area contributed by atoms with Gasteiger partial charge in [0.05, 0.1) is 19.9 Å². The molecule has 0 unspecified atom stereocenters. The second-order valence-corrected chi connectivity index (χ2v) is 6.63. The molecule has 0 aliphatic carbocycles. The molecule has 3 rings (SSSR count). The maximum absolute atomic E-state index is 8.99. The highest BCUT2D eigenvalue weighted by Gasteiger charge is 2.09. The second kappa shape index (κ2) is 11.5. The molecule has 0 aliphatic heterocycles. The van der Waals surface area contributed by atoms with Gasteiger partial charge in [0.1, 0.15) is 23.9 Å². The lowest BCUT2D eigenvalue weighted by atomic mass is 10.1. The summed E-state index contributed by atoms with van der Waals surface area (Å²) in [4.78, 5) is 6.39. The summed E-state index contributed by atoms with van der Waals surface area (Å²) < 4.78 is 15.9. The summed E-state index contributed by atoms with van der Waals surface area (Å²) in [6.45, 7) is 1.49. The predicted octanol–water partition coefficient (Wildman–Crippen LogP) is 3.68. The monoisotopic (exact) mass is 411 g/mol. The third-order valence-corrected chi connectivity index (χ3v) is 4.11. The van der Waals surface area contributed by atoms with Crippen LogP contribution in [0.3, 0.4) is 0 Å². The van der Waals surface area contributed by atoms with Gasteiger partial charge in [-0.1, -0.05) is 18.2 Å². The number of hydrogen-bond acceptors (Lipinski definition) is 7. The van der Waals surface area contributed by atoms with Crippen molar-refractivity contribution in [3.8, 4) is 34.3 Å². The quantitative estimate of drug-likeness (QED) is 0.613. The van der Waals surface area contributed by atoms with E-state index < -0.39 is 0 Å². The highest BCUT2D eigenvalue weighted by Crippen LogP contribution is 2.32. The van der Waals surface area contributed by atoms with Gasteiger partial charge in [-0.3, -0.25) is 0 Å². The van der Waals surface area contributed by atoms with Crippen molar-refractivity contribution < 1.29 is 19.3 Å². The van der Waals surface area contributed by atoms with Gasteiger partial charge in [-0.15, -0.1) is 0 Å². The van der Waals surface area contributed by atoms with E-state index in [0.29, 0.717) is 18.2 Å². The van der Waals surface area contributed by atoms with Gasteiger partial charge in [0, 0.05) is 18.2 Å². The van der Waals surface area contributed by atoms with E-state index >= 15 is 0 Å². The predicted molar refractivity (Wildman–Crippen MR) is 119 cm³/mol. The van der Waals surface area contributed by atoms with E-state index in [9.17, 15) is 0 Å². The van der Waals surface area contributed by atoms with Gasteiger partial charge in [-0.05, 0) is 50.5 Å². The Bertz CT molecular complexity index is 932. The number of rotatable bonds is 7. The highest BCUT2D eigenvalue weighted by molar-refractivity contribution is 5.69. The Balaban J connectivity index is 0.000000297. The number of methoxy groups -OCH3 is 2. The van der Waals surface area contributed by atoms with Gasteiger partial charge < -0.3 is 30.0 Å². The zero-order chi connectivity index (χ0) is 21.9. The van der Waals surface area contributed by atoms with Crippen LogP contribution in [-0.4, -0.2) is 56.5 Å². The lowest BCUT2D eigenvalue weighted by molar-refractivity contribution is 0.260. The standard InChI is InChI=1S/C16H21N3O2.C7H8O2/c1-19(2)9-10-21-12-7-8-13(15(11-12)20-3)14-5-4-6-16(17)18-14;1-9-7-5-3-2-4-6(7)8/h4-8,11H,9-10H2,1-3H3,(H2,17,18);2-5,8H,1H3. The Morgan fingerprint density at radius 2 is 1.67 bits per heavy atom. The molecule has 0 saturated heterocycles. The van der Waals surface area contributed by atoms with E-state index in [1.807, 2.05) is 44.4 Å². The maximum atomic E-state index is 8.99. The average Bonchev–Trinajstić information content (AvgIpc) is 2.74. The van der Waals surface area contributed by atoms with Gasteiger partial charge in [0.2, 0.25) is 0 Å². The number of pyridine rings is 1. The number of aromatic hydroxyl groups is 1. The zero-order valence-corrected chi connectivity index (χ0v) is 17.8. The van der Waals surface area contributed by atoms with Gasteiger partial charge in [0.15, 0.2) is 11.5 Å². The normalized spacial score (nSPS) is 10.2. The summed E-state index contributed by atoms with van der Waals surface area (Å²) in [5, 5.41) is 8.99. The molecular weight excluding hydrogens is 382 g/mol. The molecule has 7 nitrogen and oxygen atoms in total. The van der Waals surface area contributed by atoms with E-state index in [2.05, 4.69) is 9.88 Å². The van der Waals surface area contributed by atoms with Crippen LogP contribution in [0, 0.1) is 0 Å². The molecule has 0 radical (unpaired) electrons. The van der Waals surface area contributed by atoms with E-state index in [0.717, 1.165) is 29.3 Å². The van der Waals surface area contributed by atoms with Gasteiger partial charge in [-0.2, -0.15) is 0 Å². The first-order valence-electron chi connectivity index (χ1n) is 9.45. The van der Waals surface area contributed by atoms with E-state index in [1.54, 1.807) is 37.4 Å². The van der Waals surface area contributed by atoms with Crippen LogP contribution >= 0.6 is 0 Å². The van der Waals surface area contributed by atoms with Crippen LogP contribution in [0.2, 0.25) is 0 Å². The molecule has 0 amide bonds. The van der Waals surface area contributed by atoms with Gasteiger partial charge >= 0.3 is 0 Å². The number of ether oxygens (including phenoxy) is 3. The molecule has 0 saturated carbocycles. The van der Waals surface area contributed by atoms with Crippen LogP contribution in [0.4, 0.5) is 5.82 Å². The molecule has 1 aromatic heterocycles. The summed E-state index contributed by atoms with van der Waals surface area (Å²) in [5.74, 6) is 2.68. The number of phenols is 1. The maximum Gasteiger partial charge on any atom is 0.160 e. The highest BCUT2D eigenvalue weighted by atomic mass is 16.5. The number of aromatic nitrogens is 1. The Kier molecular flexibility index (Phi) is 8.77. The molecular formula is C23H29N3O4. The van der Waals surface area contributed by atoms with Crippen LogP contribution < -0.4 is 19.9 Å². The SMILES string of the molecule is COc1cc(OCCN(C)C)ccc1-c1cccc(N)n1.COc1ccccc1O. The van der Waals surface area contributed by atoms with E-state index in [1.165, 1.54) is 7.11 Å². The van der Waals surface area contributed by atoms with E-state index in [4.69, 9.17) is 25.1 Å². The Morgan fingerprint density at radius 1 is 0.933 bits per heavy atom. The van der Waals surface area contributed by atoms with Gasteiger partial charge in [-0.25, -0.2) is 4.98 Å². The number of nitrogens with two attached hydrogens (primary N) is 1. The number of hydrogen-bond donors (Lipinski definition) is 2. The molecule has 2 aromatic carbocycles. The second-order valence-electron chi connectivity index (χ2n) is 6.63. The number of nitrogens with zero attached hydrogens (tertiary/aromatic N) is 2. The Labute approximate surface area is 177 Å². The summed E-state index contributed by atoms with van der Waals surface area (Å²) in [7, 11) is 7.18. The van der Waals surface area contributed by atoms with Crippen LogP contribution in [0.25, 0.3) is 11.3 Å².